The molecule has 0 fully saturated rings. The average Bonchev–Trinajstić information content (AvgIpc) is 2.17. The van der Waals surface area contributed by atoms with Crippen LogP contribution in [0.3, 0.4) is 0 Å². The highest BCUT2D eigenvalue weighted by Crippen LogP contribution is 2.22. The van der Waals surface area contributed by atoms with Gasteiger partial charge in [-0.25, -0.2) is 0 Å². The third-order valence-electron chi connectivity index (χ3n) is 2.39. The molecular formula is C12H21ClN2O. The van der Waals surface area contributed by atoms with Crippen LogP contribution in [0.25, 0.3) is 0 Å². The maximum Gasteiger partial charge on any atom is 0.108 e. The summed E-state index contributed by atoms with van der Waals surface area (Å²) in [5.41, 5.74) is 2.01. The van der Waals surface area contributed by atoms with E-state index in [4.69, 9.17) is 0 Å². The van der Waals surface area contributed by atoms with Crippen LogP contribution in [0, 0.1) is 0 Å². The van der Waals surface area contributed by atoms with Gasteiger partial charge in [0, 0.05) is 12.7 Å². The van der Waals surface area contributed by atoms with E-state index in [0.29, 0.717) is 6.54 Å². The maximum absolute atomic E-state index is 9.69. The molecule has 92 valence electrons. The fourth-order valence-corrected chi connectivity index (χ4v) is 1.34. The van der Waals surface area contributed by atoms with Crippen molar-refractivity contribution in [2.24, 2.45) is 0 Å². The van der Waals surface area contributed by atoms with E-state index in [1.807, 2.05) is 25.4 Å². The van der Waals surface area contributed by atoms with Crippen LogP contribution in [0.1, 0.15) is 38.1 Å². The van der Waals surface area contributed by atoms with Gasteiger partial charge in [0.05, 0.1) is 5.69 Å². The number of nitrogens with one attached hydrogen (secondary N) is 1. The first-order chi connectivity index (χ1) is 6.95. The summed E-state index contributed by atoms with van der Waals surface area (Å²) in [4.78, 5) is 4.27. The lowest BCUT2D eigenvalue weighted by atomic mass is 9.88. The van der Waals surface area contributed by atoms with Crippen LogP contribution < -0.4 is 5.32 Å². The summed E-state index contributed by atoms with van der Waals surface area (Å²) < 4.78 is 0. The summed E-state index contributed by atoms with van der Waals surface area (Å²) in [5.74, 6) is 0. The molecule has 4 heteroatoms. The predicted octanol–water partition coefficient (Wildman–Crippen LogP) is 2.05. The van der Waals surface area contributed by atoms with Crippen molar-refractivity contribution in [3.05, 3.63) is 29.6 Å². The summed E-state index contributed by atoms with van der Waals surface area (Å²) in [6, 6.07) is 3.92. The third kappa shape index (κ3) is 4.08. The number of aliphatic hydroxyl groups excluding tert-OH is 1. The Hall–Kier alpha value is -0.640. The molecule has 1 heterocycles. The minimum absolute atomic E-state index is 0. The molecule has 16 heavy (non-hydrogen) atoms. The van der Waals surface area contributed by atoms with E-state index >= 15 is 0 Å². The minimum atomic E-state index is -0.524. The maximum atomic E-state index is 9.69. The fraction of sp³-hybridized carbons (Fsp3) is 0.583. The highest BCUT2D eigenvalue weighted by molar-refractivity contribution is 5.85. The Bertz CT molecular complexity index is 306. The first-order valence-electron chi connectivity index (χ1n) is 5.24. The van der Waals surface area contributed by atoms with Crippen LogP contribution in [0.4, 0.5) is 0 Å². The van der Waals surface area contributed by atoms with E-state index < -0.39 is 6.10 Å². The van der Waals surface area contributed by atoms with E-state index in [1.54, 1.807) is 0 Å². The van der Waals surface area contributed by atoms with Crippen molar-refractivity contribution >= 4 is 12.4 Å². The van der Waals surface area contributed by atoms with Crippen molar-refractivity contribution < 1.29 is 5.11 Å². The van der Waals surface area contributed by atoms with Crippen molar-refractivity contribution in [1.29, 1.82) is 0 Å². The molecule has 2 N–H and O–H groups in total. The van der Waals surface area contributed by atoms with Gasteiger partial charge in [-0.3, -0.25) is 4.98 Å². The topological polar surface area (TPSA) is 45.1 Å². The van der Waals surface area contributed by atoms with Crippen LogP contribution in [0.2, 0.25) is 0 Å². The van der Waals surface area contributed by atoms with E-state index in [0.717, 1.165) is 5.69 Å². The minimum Gasteiger partial charge on any atom is -0.385 e. The molecule has 0 aliphatic heterocycles. The largest absolute Gasteiger partial charge is 0.385 e. The smallest absolute Gasteiger partial charge is 0.108 e. The molecule has 1 aromatic rings. The number of aliphatic hydroxyl groups is 1. The van der Waals surface area contributed by atoms with Crippen molar-refractivity contribution in [2.45, 2.75) is 32.3 Å². The first-order valence-corrected chi connectivity index (χ1v) is 5.24. The molecule has 0 aliphatic carbocycles. The second-order valence-electron chi connectivity index (χ2n) is 4.80. The Balaban J connectivity index is 0.00000225. The number of likely N-dealkylation sites (N-methyl/N-ethyl adjacent to an activating group) is 1. The van der Waals surface area contributed by atoms with Crippen molar-refractivity contribution in [2.75, 3.05) is 13.6 Å². The van der Waals surface area contributed by atoms with Crippen molar-refractivity contribution in [1.82, 2.24) is 10.3 Å². The average molecular weight is 245 g/mol. The van der Waals surface area contributed by atoms with Gasteiger partial charge in [-0.05, 0) is 24.1 Å². The Morgan fingerprint density at radius 2 is 2.00 bits per heavy atom. The van der Waals surface area contributed by atoms with Crippen LogP contribution >= 0.6 is 12.4 Å². The highest BCUT2D eigenvalue weighted by atomic mass is 35.5. The molecule has 1 rings (SSSR count). The lowest BCUT2D eigenvalue weighted by Crippen LogP contribution is -2.18. The molecular weight excluding hydrogens is 224 g/mol. The molecule has 0 amide bonds. The van der Waals surface area contributed by atoms with Crippen LogP contribution in [-0.2, 0) is 5.41 Å². The molecule has 1 unspecified atom stereocenters. The Labute approximate surface area is 104 Å². The SMILES string of the molecule is CNCC(O)c1ccc(C(C)(C)C)cn1.Cl. The van der Waals surface area contributed by atoms with Gasteiger partial charge < -0.3 is 10.4 Å². The van der Waals surface area contributed by atoms with Gasteiger partial charge in [-0.1, -0.05) is 26.8 Å². The van der Waals surface area contributed by atoms with Crippen molar-refractivity contribution in [3.8, 4) is 0 Å². The Morgan fingerprint density at radius 3 is 2.38 bits per heavy atom. The van der Waals surface area contributed by atoms with Gasteiger partial charge in [0.1, 0.15) is 6.10 Å². The van der Waals surface area contributed by atoms with Crippen LogP contribution in [-0.4, -0.2) is 23.7 Å². The van der Waals surface area contributed by atoms with E-state index in [-0.39, 0.29) is 17.8 Å². The monoisotopic (exact) mass is 244 g/mol. The van der Waals surface area contributed by atoms with Crippen LogP contribution in [0.15, 0.2) is 18.3 Å². The number of pyridine rings is 1. The van der Waals surface area contributed by atoms with Gasteiger partial charge in [0.25, 0.3) is 0 Å². The molecule has 0 aromatic carbocycles. The number of halogens is 1. The normalized spacial score (nSPS) is 13.1. The van der Waals surface area contributed by atoms with E-state index in [1.165, 1.54) is 5.56 Å². The van der Waals surface area contributed by atoms with E-state index in [2.05, 4.69) is 31.1 Å². The predicted molar refractivity (Wildman–Crippen MR) is 69.1 cm³/mol. The summed E-state index contributed by atoms with van der Waals surface area (Å²) >= 11 is 0. The first kappa shape index (κ1) is 15.4. The lowest BCUT2D eigenvalue weighted by molar-refractivity contribution is 0.173. The Morgan fingerprint density at radius 1 is 1.38 bits per heavy atom. The Kier molecular flexibility index (Phi) is 5.94. The van der Waals surface area contributed by atoms with E-state index in [9.17, 15) is 5.11 Å². The van der Waals surface area contributed by atoms with Crippen LogP contribution in [0.5, 0.6) is 0 Å². The summed E-state index contributed by atoms with van der Waals surface area (Å²) in [6.07, 6.45) is 1.32. The second-order valence-corrected chi connectivity index (χ2v) is 4.80. The zero-order valence-electron chi connectivity index (χ0n) is 10.3. The number of hydrogen-bond donors (Lipinski definition) is 2. The van der Waals surface area contributed by atoms with Gasteiger partial charge in [0.15, 0.2) is 0 Å². The number of rotatable bonds is 3. The number of nitrogens with zero attached hydrogens (tertiary/aromatic N) is 1. The molecule has 0 spiro atoms. The lowest BCUT2D eigenvalue weighted by Gasteiger charge is -2.19. The molecule has 1 atom stereocenters. The molecule has 0 aliphatic rings. The molecule has 1 aromatic heterocycles. The summed E-state index contributed by atoms with van der Waals surface area (Å²) in [5, 5.41) is 12.6. The quantitative estimate of drug-likeness (QED) is 0.856. The van der Waals surface area contributed by atoms with Gasteiger partial charge in [0.2, 0.25) is 0 Å². The molecule has 3 nitrogen and oxygen atoms in total. The molecule has 0 bridgehead atoms. The second kappa shape index (κ2) is 6.18. The summed E-state index contributed by atoms with van der Waals surface area (Å²) in [6.45, 7) is 6.97. The van der Waals surface area contributed by atoms with Crippen molar-refractivity contribution in [3.63, 3.8) is 0 Å². The zero-order chi connectivity index (χ0) is 11.5. The summed E-state index contributed by atoms with van der Waals surface area (Å²) in [7, 11) is 1.81. The third-order valence-corrected chi connectivity index (χ3v) is 2.39. The highest BCUT2D eigenvalue weighted by Gasteiger charge is 2.15. The zero-order valence-corrected chi connectivity index (χ0v) is 11.1. The standard InChI is InChI=1S/C12H20N2O.ClH/c1-12(2,3)9-5-6-10(14-7-9)11(15)8-13-4;/h5-7,11,13,15H,8H2,1-4H3;1H. The van der Waals surface area contributed by atoms with Gasteiger partial charge in [-0.2, -0.15) is 0 Å². The fourth-order valence-electron chi connectivity index (χ4n) is 1.34. The number of hydrogen-bond acceptors (Lipinski definition) is 3. The molecule has 0 saturated carbocycles. The molecule has 0 saturated heterocycles. The van der Waals surface area contributed by atoms with Gasteiger partial charge >= 0.3 is 0 Å². The number of aromatic nitrogens is 1. The molecule has 0 radical (unpaired) electrons. The van der Waals surface area contributed by atoms with Gasteiger partial charge in [-0.15, -0.1) is 12.4 Å².